The van der Waals surface area contributed by atoms with E-state index in [1.807, 2.05) is 0 Å². The molecule has 0 radical (unpaired) electrons. The number of amides is 1. The largest absolute Gasteiger partial charge is 0.375 e. The van der Waals surface area contributed by atoms with Crippen molar-refractivity contribution in [3.05, 3.63) is 0 Å². The maximum Gasteiger partial charge on any atom is 0.226 e. The first-order valence-electron chi connectivity index (χ1n) is 6.85. The van der Waals surface area contributed by atoms with Crippen LogP contribution in [0.2, 0.25) is 0 Å². The van der Waals surface area contributed by atoms with E-state index >= 15 is 0 Å². The fraction of sp³-hybridized carbons (Fsp3) is 0.923. The van der Waals surface area contributed by atoms with Crippen molar-refractivity contribution in [3.8, 4) is 0 Å². The summed E-state index contributed by atoms with van der Waals surface area (Å²) in [5.41, 5.74) is 0. The van der Waals surface area contributed by atoms with Crippen LogP contribution in [0.25, 0.3) is 0 Å². The smallest absolute Gasteiger partial charge is 0.226 e. The molecule has 1 amide bonds. The molecule has 2 rings (SSSR count). The summed E-state index contributed by atoms with van der Waals surface area (Å²) < 4.78 is 5.64. The van der Waals surface area contributed by atoms with Gasteiger partial charge >= 0.3 is 0 Å². The van der Waals surface area contributed by atoms with Crippen molar-refractivity contribution in [1.29, 1.82) is 0 Å². The van der Waals surface area contributed by atoms with Gasteiger partial charge in [-0.2, -0.15) is 0 Å². The first-order chi connectivity index (χ1) is 8.22. The number of nitrogens with zero attached hydrogens (tertiary/aromatic N) is 1. The Kier molecular flexibility index (Phi) is 4.40. The monoisotopic (exact) mass is 240 g/mol. The van der Waals surface area contributed by atoms with Gasteiger partial charge in [-0.25, -0.2) is 0 Å². The Balaban J connectivity index is 1.99. The quantitative estimate of drug-likeness (QED) is 0.783. The number of hydrogen-bond donors (Lipinski definition) is 1. The minimum absolute atomic E-state index is 0.184. The van der Waals surface area contributed by atoms with Crippen LogP contribution in [-0.2, 0) is 9.53 Å². The van der Waals surface area contributed by atoms with Crippen LogP contribution in [0.15, 0.2) is 0 Å². The average Bonchev–Trinajstić information content (AvgIpc) is 2.39. The van der Waals surface area contributed by atoms with E-state index in [2.05, 4.69) is 24.1 Å². The van der Waals surface area contributed by atoms with Crippen molar-refractivity contribution in [2.75, 3.05) is 26.2 Å². The van der Waals surface area contributed by atoms with Crippen LogP contribution in [-0.4, -0.2) is 49.2 Å². The maximum absolute atomic E-state index is 12.5. The Labute approximate surface area is 104 Å². The maximum atomic E-state index is 12.5. The highest BCUT2D eigenvalue weighted by atomic mass is 16.5. The number of nitrogens with one attached hydrogen (secondary N) is 1. The number of carbonyl (C=O) groups is 1. The minimum atomic E-state index is 0.184. The molecule has 4 nitrogen and oxygen atoms in total. The van der Waals surface area contributed by atoms with Crippen LogP contribution >= 0.6 is 0 Å². The van der Waals surface area contributed by atoms with Gasteiger partial charge in [0.15, 0.2) is 0 Å². The van der Waals surface area contributed by atoms with E-state index < -0.39 is 0 Å². The molecular formula is C13H24N2O2. The second-order valence-electron chi connectivity index (χ2n) is 5.22. The zero-order valence-electron chi connectivity index (χ0n) is 10.9. The summed E-state index contributed by atoms with van der Waals surface area (Å²) >= 11 is 0. The lowest BCUT2D eigenvalue weighted by Crippen LogP contribution is -2.54. The molecule has 0 saturated carbocycles. The van der Waals surface area contributed by atoms with Gasteiger partial charge in [-0.15, -0.1) is 0 Å². The third kappa shape index (κ3) is 2.99. The van der Waals surface area contributed by atoms with Gasteiger partial charge in [-0.3, -0.25) is 4.79 Å². The van der Waals surface area contributed by atoms with Gasteiger partial charge < -0.3 is 15.0 Å². The molecule has 17 heavy (non-hydrogen) atoms. The van der Waals surface area contributed by atoms with Crippen LogP contribution in [0.1, 0.15) is 33.1 Å². The Bertz CT molecular complexity index is 264. The molecule has 0 spiro atoms. The van der Waals surface area contributed by atoms with Crippen molar-refractivity contribution in [2.45, 2.75) is 45.3 Å². The third-order valence-electron chi connectivity index (χ3n) is 3.91. The molecule has 2 aliphatic rings. The molecule has 1 N–H and O–H groups in total. The van der Waals surface area contributed by atoms with Gasteiger partial charge in [0.2, 0.25) is 5.91 Å². The number of ether oxygens (including phenoxy) is 1. The lowest BCUT2D eigenvalue weighted by Gasteiger charge is -2.40. The van der Waals surface area contributed by atoms with E-state index in [4.69, 9.17) is 4.74 Å². The number of morpholine rings is 1. The predicted octanol–water partition coefficient (Wildman–Crippen LogP) is 1.01. The number of carbonyl (C=O) groups excluding carboxylic acids is 1. The lowest BCUT2D eigenvalue weighted by molar-refractivity contribution is -0.149. The molecule has 0 aromatic rings. The van der Waals surface area contributed by atoms with Crippen molar-refractivity contribution >= 4 is 5.91 Å². The van der Waals surface area contributed by atoms with Crippen LogP contribution in [0.4, 0.5) is 0 Å². The molecule has 0 aromatic carbocycles. The molecule has 0 aromatic heterocycles. The molecule has 2 heterocycles. The summed E-state index contributed by atoms with van der Waals surface area (Å²) in [5.74, 6) is 0.587. The molecule has 2 fully saturated rings. The average molecular weight is 240 g/mol. The van der Waals surface area contributed by atoms with Crippen LogP contribution in [0, 0.1) is 5.92 Å². The summed E-state index contributed by atoms with van der Waals surface area (Å²) in [6, 6.07) is 0.286. The zero-order valence-corrected chi connectivity index (χ0v) is 10.9. The van der Waals surface area contributed by atoms with E-state index in [1.54, 1.807) is 0 Å². The fourth-order valence-electron chi connectivity index (χ4n) is 2.76. The van der Waals surface area contributed by atoms with E-state index in [1.165, 1.54) is 0 Å². The van der Waals surface area contributed by atoms with Gasteiger partial charge in [0.05, 0.1) is 18.8 Å². The van der Waals surface area contributed by atoms with E-state index in [0.29, 0.717) is 12.5 Å². The van der Waals surface area contributed by atoms with Gasteiger partial charge in [-0.1, -0.05) is 6.92 Å². The number of rotatable bonds is 2. The summed E-state index contributed by atoms with van der Waals surface area (Å²) in [7, 11) is 0. The molecule has 2 unspecified atom stereocenters. The van der Waals surface area contributed by atoms with Crippen LogP contribution in [0.5, 0.6) is 0 Å². The summed E-state index contributed by atoms with van der Waals surface area (Å²) in [6.45, 7) is 7.61. The number of hydrogen-bond acceptors (Lipinski definition) is 3. The third-order valence-corrected chi connectivity index (χ3v) is 3.91. The lowest BCUT2D eigenvalue weighted by atomic mass is 9.95. The normalized spacial score (nSPS) is 31.5. The first-order valence-corrected chi connectivity index (χ1v) is 6.85. The Hall–Kier alpha value is -0.610. The van der Waals surface area contributed by atoms with E-state index in [0.717, 1.165) is 38.9 Å². The second-order valence-corrected chi connectivity index (χ2v) is 5.22. The Morgan fingerprint density at radius 3 is 2.76 bits per heavy atom. The molecule has 4 heteroatoms. The summed E-state index contributed by atoms with van der Waals surface area (Å²) in [5, 5.41) is 3.31. The van der Waals surface area contributed by atoms with Crippen molar-refractivity contribution in [3.63, 3.8) is 0 Å². The Morgan fingerprint density at radius 2 is 2.12 bits per heavy atom. The molecule has 0 aliphatic carbocycles. The Morgan fingerprint density at radius 1 is 1.41 bits per heavy atom. The summed E-state index contributed by atoms with van der Waals surface area (Å²) in [6.07, 6.45) is 3.15. The molecule has 98 valence electrons. The van der Waals surface area contributed by atoms with Crippen molar-refractivity contribution in [1.82, 2.24) is 10.2 Å². The summed E-state index contributed by atoms with van der Waals surface area (Å²) in [4.78, 5) is 14.6. The first kappa shape index (κ1) is 12.8. The fourth-order valence-corrected chi connectivity index (χ4v) is 2.76. The van der Waals surface area contributed by atoms with Gasteiger partial charge in [-0.05, 0) is 39.3 Å². The standard InChI is InChI=1S/C13H24N2O2/c1-3-12-9-17-10(2)8-15(12)13(16)11-4-6-14-7-5-11/h10-12,14H,3-9H2,1-2H3. The zero-order chi connectivity index (χ0) is 12.3. The molecule has 2 atom stereocenters. The molecular weight excluding hydrogens is 216 g/mol. The van der Waals surface area contributed by atoms with E-state index in [-0.39, 0.29) is 18.1 Å². The minimum Gasteiger partial charge on any atom is -0.375 e. The molecule has 0 bridgehead atoms. The predicted molar refractivity (Wildman–Crippen MR) is 66.8 cm³/mol. The topological polar surface area (TPSA) is 41.6 Å². The highest BCUT2D eigenvalue weighted by molar-refractivity contribution is 5.79. The van der Waals surface area contributed by atoms with Gasteiger partial charge in [0.1, 0.15) is 0 Å². The van der Waals surface area contributed by atoms with Crippen LogP contribution in [0.3, 0.4) is 0 Å². The number of piperidine rings is 1. The SMILES string of the molecule is CCC1COC(C)CN1C(=O)C1CCNCC1. The molecule has 2 saturated heterocycles. The van der Waals surface area contributed by atoms with Crippen molar-refractivity contribution in [2.24, 2.45) is 5.92 Å². The second kappa shape index (κ2) is 5.83. The van der Waals surface area contributed by atoms with E-state index in [9.17, 15) is 4.79 Å². The van der Waals surface area contributed by atoms with Crippen molar-refractivity contribution < 1.29 is 9.53 Å². The highest BCUT2D eigenvalue weighted by Crippen LogP contribution is 2.21. The van der Waals surface area contributed by atoms with Crippen LogP contribution < -0.4 is 5.32 Å². The highest BCUT2D eigenvalue weighted by Gasteiger charge is 2.33. The molecule has 2 aliphatic heterocycles. The van der Waals surface area contributed by atoms with Gasteiger partial charge in [0, 0.05) is 12.5 Å². The van der Waals surface area contributed by atoms with Gasteiger partial charge in [0.25, 0.3) is 0 Å².